The molecule has 0 atom stereocenters. The fourth-order valence-electron chi connectivity index (χ4n) is 2.26. The van der Waals surface area contributed by atoms with E-state index in [4.69, 9.17) is 4.74 Å². The molecule has 0 aliphatic carbocycles. The Kier molecular flexibility index (Phi) is 5.41. The maximum atomic E-state index is 12.2. The summed E-state index contributed by atoms with van der Waals surface area (Å²) >= 11 is 0. The summed E-state index contributed by atoms with van der Waals surface area (Å²) in [6.07, 6.45) is 6.05. The van der Waals surface area contributed by atoms with Gasteiger partial charge in [0.2, 0.25) is 11.8 Å². The van der Waals surface area contributed by atoms with E-state index in [0.717, 1.165) is 5.69 Å². The number of nitrogens with zero attached hydrogens (tertiary/aromatic N) is 5. The molecular formula is C18H18N6O3. The van der Waals surface area contributed by atoms with Crippen LogP contribution in [0.4, 0.5) is 0 Å². The molecule has 9 heteroatoms. The van der Waals surface area contributed by atoms with E-state index in [-0.39, 0.29) is 17.3 Å². The van der Waals surface area contributed by atoms with Gasteiger partial charge in [0.25, 0.3) is 5.91 Å². The van der Waals surface area contributed by atoms with E-state index in [1.54, 1.807) is 12.1 Å². The quantitative estimate of drug-likeness (QED) is 0.507. The zero-order chi connectivity index (χ0) is 19.2. The van der Waals surface area contributed by atoms with Crippen molar-refractivity contribution in [1.82, 2.24) is 24.9 Å². The van der Waals surface area contributed by atoms with E-state index >= 15 is 0 Å². The van der Waals surface area contributed by atoms with Gasteiger partial charge in [-0.3, -0.25) is 4.79 Å². The molecule has 0 bridgehead atoms. The molecule has 0 spiro atoms. The van der Waals surface area contributed by atoms with Crippen LogP contribution in [0.5, 0.6) is 11.8 Å². The molecule has 3 aromatic rings. The number of hydrogen-bond acceptors (Lipinski definition) is 7. The fourth-order valence-corrected chi connectivity index (χ4v) is 2.26. The number of hydrazone groups is 1. The molecule has 0 fully saturated rings. The largest absolute Gasteiger partial charge is 0.492 e. The highest BCUT2D eigenvalue weighted by Gasteiger charge is 2.14. The van der Waals surface area contributed by atoms with Crippen molar-refractivity contribution in [2.75, 3.05) is 6.61 Å². The molecular weight excluding hydrogens is 348 g/mol. The number of amides is 1. The molecule has 0 radical (unpaired) electrons. The van der Waals surface area contributed by atoms with Crippen molar-refractivity contribution in [1.29, 1.82) is 0 Å². The fraction of sp³-hybridized carbons (Fsp3) is 0.167. The van der Waals surface area contributed by atoms with E-state index in [9.17, 15) is 9.90 Å². The van der Waals surface area contributed by atoms with Crippen molar-refractivity contribution in [3.05, 3.63) is 54.2 Å². The number of aromatic hydroxyl groups is 1. The molecule has 0 saturated carbocycles. The minimum absolute atomic E-state index is 0.0146. The molecule has 0 aliphatic rings. The predicted octanol–water partition coefficient (Wildman–Crippen LogP) is 1.75. The SMILES string of the molecule is CCOc1ccc(-c2nc(C(=O)N/N=C/c3cccn3C)cnc2O)cn1. The highest BCUT2D eigenvalue weighted by Crippen LogP contribution is 2.25. The van der Waals surface area contributed by atoms with Crippen LogP contribution in [0.25, 0.3) is 11.3 Å². The number of rotatable bonds is 6. The third-order valence-corrected chi connectivity index (χ3v) is 3.63. The zero-order valence-electron chi connectivity index (χ0n) is 14.8. The van der Waals surface area contributed by atoms with Crippen LogP contribution < -0.4 is 10.2 Å². The van der Waals surface area contributed by atoms with Gasteiger partial charge >= 0.3 is 0 Å². The monoisotopic (exact) mass is 366 g/mol. The van der Waals surface area contributed by atoms with Crippen LogP contribution in [-0.2, 0) is 7.05 Å². The third kappa shape index (κ3) is 4.27. The van der Waals surface area contributed by atoms with E-state index in [0.29, 0.717) is 18.1 Å². The van der Waals surface area contributed by atoms with Gasteiger partial charge in [0.1, 0.15) is 11.4 Å². The van der Waals surface area contributed by atoms with Gasteiger partial charge in [-0.25, -0.2) is 20.4 Å². The minimum atomic E-state index is -0.548. The summed E-state index contributed by atoms with van der Waals surface area (Å²) in [5.41, 5.74) is 3.88. The van der Waals surface area contributed by atoms with Crippen molar-refractivity contribution in [3.8, 4) is 23.0 Å². The van der Waals surface area contributed by atoms with Gasteiger partial charge in [0.15, 0.2) is 0 Å². The summed E-state index contributed by atoms with van der Waals surface area (Å²) < 4.78 is 7.14. The normalized spacial score (nSPS) is 10.9. The van der Waals surface area contributed by atoms with Gasteiger partial charge < -0.3 is 14.4 Å². The van der Waals surface area contributed by atoms with Crippen molar-refractivity contribution in [2.45, 2.75) is 6.92 Å². The lowest BCUT2D eigenvalue weighted by Gasteiger charge is -2.06. The van der Waals surface area contributed by atoms with E-state index in [1.807, 2.05) is 36.9 Å². The Hall–Kier alpha value is -3.75. The Bertz CT molecular complexity index is 965. The Morgan fingerprint density at radius 3 is 2.85 bits per heavy atom. The highest BCUT2D eigenvalue weighted by atomic mass is 16.5. The number of aromatic nitrogens is 4. The van der Waals surface area contributed by atoms with Gasteiger partial charge in [0.05, 0.1) is 24.7 Å². The zero-order valence-corrected chi connectivity index (χ0v) is 14.8. The average Bonchev–Trinajstić information content (AvgIpc) is 3.08. The average molecular weight is 366 g/mol. The first-order valence-electron chi connectivity index (χ1n) is 8.18. The smallest absolute Gasteiger partial charge is 0.291 e. The van der Waals surface area contributed by atoms with Gasteiger partial charge in [-0.1, -0.05) is 0 Å². The van der Waals surface area contributed by atoms with Gasteiger partial charge in [-0.05, 0) is 25.1 Å². The summed E-state index contributed by atoms with van der Waals surface area (Å²) in [4.78, 5) is 24.4. The molecule has 138 valence electrons. The number of hydrogen-bond donors (Lipinski definition) is 2. The Morgan fingerprint density at radius 2 is 2.19 bits per heavy atom. The molecule has 1 amide bonds. The Labute approximate surface area is 155 Å². The second-order valence-electron chi connectivity index (χ2n) is 5.49. The lowest BCUT2D eigenvalue weighted by Crippen LogP contribution is -2.19. The molecule has 0 saturated heterocycles. The number of aryl methyl sites for hydroxylation is 1. The van der Waals surface area contributed by atoms with Crippen molar-refractivity contribution in [3.63, 3.8) is 0 Å². The summed E-state index contributed by atoms with van der Waals surface area (Å²) in [6.45, 7) is 2.35. The number of carbonyl (C=O) groups is 1. The summed E-state index contributed by atoms with van der Waals surface area (Å²) in [5.74, 6) is -0.393. The second kappa shape index (κ2) is 8.09. The first-order chi connectivity index (χ1) is 13.1. The molecule has 3 heterocycles. The molecule has 9 nitrogen and oxygen atoms in total. The van der Waals surface area contributed by atoms with Crippen LogP contribution in [0, 0.1) is 0 Å². The first-order valence-corrected chi connectivity index (χ1v) is 8.18. The molecule has 0 unspecified atom stereocenters. The number of pyridine rings is 1. The van der Waals surface area contributed by atoms with Crippen molar-refractivity contribution < 1.29 is 14.6 Å². The second-order valence-corrected chi connectivity index (χ2v) is 5.49. The lowest BCUT2D eigenvalue weighted by molar-refractivity contribution is 0.0949. The van der Waals surface area contributed by atoms with E-state index in [1.165, 1.54) is 18.6 Å². The molecule has 0 aliphatic heterocycles. The predicted molar refractivity (Wildman–Crippen MR) is 98.6 cm³/mol. The number of nitrogens with one attached hydrogen (secondary N) is 1. The van der Waals surface area contributed by atoms with Crippen LogP contribution in [0.1, 0.15) is 23.1 Å². The Morgan fingerprint density at radius 1 is 1.33 bits per heavy atom. The van der Waals surface area contributed by atoms with Crippen molar-refractivity contribution >= 4 is 12.1 Å². The topological polar surface area (TPSA) is 115 Å². The van der Waals surface area contributed by atoms with Crippen LogP contribution in [0.2, 0.25) is 0 Å². The highest BCUT2D eigenvalue weighted by molar-refractivity contribution is 5.93. The number of carbonyl (C=O) groups excluding carboxylic acids is 1. The first kappa shape index (κ1) is 18.1. The maximum Gasteiger partial charge on any atom is 0.291 e. The van der Waals surface area contributed by atoms with Gasteiger partial charge in [-0.2, -0.15) is 5.10 Å². The molecule has 2 N–H and O–H groups in total. The van der Waals surface area contributed by atoms with Gasteiger partial charge in [0, 0.05) is 31.1 Å². The van der Waals surface area contributed by atoms with E-state index in [2.05, 4.69) is 25.5 Å². The van der Waals surface area contributed by atoms with Crippen LogP contribution in [-0.4, -0.2) is 43.4 Å². The summed E-state index contributed by atoms with van der Waals surface area (Å²) in [6, 6.07) is 7.05. The molecule has 27 heavy (non-hydrogen) atoms. The molecule has 3 aromatic heterocycles. The summed E-state index contributed by atoms with van der Waals surface area (Å²) in [5, 5.41) is 13.9. The minimum Gasteiger partial charge on any atom is -0.492 e. The third-order valence-electron chi connectivity index (χ3n) is 3.63. The van der Waals surface area contributed by atoms with Crippen LogP contribution >= 0.6 is 0 Å². The van der Waals surface area contributed by atoms with E-state index < -0.39 is 5.91 Å². The van der Waals surface area contributed by atoms with Gasteiger partial charge in [-0.15, -0.1) is 0 Å². The van der Waals surface area contributed by atoms with Crippen LogP contribution in [0.15, 0.2) is 48.0 Å². The Balaban J connectivity index is 1.77. The lowest BCUT2D eigenvalue weighted by atomic mass is 10.2. The molecule has 0 aromatic carbocycles. The van der Waals surface area contributed by atoms with Crippen molar-refractivity contribution in [2.24, 2.45) is 12.1 Å². The standard InChI is InChI=1S/C18H18N6O3/c1-3-27-15-7-6-12(9-19-15)16-18(26)20-11-14(22-16)17(25)23-21-10-13-5-4-8-24(13)2/h4-11H,3H2,1-2H3,(H,20,26)(H,23,25)/b21-10+. The molecule has 3 rings (SSSR count). The summed E-state index contributed by atoms with van der Waals surface area (Å²) in [7, 11) is 1.87. The number of ether oxygens (including phenoxy) is 1. The van der Waals surface area contributed by atoms with Crippen LogP contribution in [0.3, 0.4) is 0 Å². The maximum absolute atomic E-state index is 12.2.